The zero-order valence-corrected chi connectivity index (χ0v) is 34.8. The normalized spacial score (nSPS) is 11.6. The molecule has 0 amide bonds. The maximum absolute atomic E-state index is 12.1. The number of fused-ring (bicyclic) bond motifs is 1. The summed E-state index contributed by atoms with van der Waals surface area (Å²) in [4.78, 5) is 26.3. The van der Waals surface area contributed by atoms with Crippen molar-refractivity contribution in [3.8, 4) is 11.5 Å². The first-order valence-electron chi connectivity index (χ1n) is 17.3. The number of benzene rings is 3. The van der Waals surface area contributed by atoms with Gasteiger partial charge in [0.1, 0.15) is 27.6 Å². The average molecular weight is 844 g/mol. The summed E-state index contributed by atoms with van der Waals surface area (Å²) in [6, 6.07) is 9.88. The molecule has 0 fully saturated rings. The van der Waals surface area contributed by atoms with Crippen LogP contribution < -0.4 is 29.9 Å². The third-order valence-electron chi connectivity index (χ3n) is 8.34. The number of ether oxygens (including phenoxy) is 2. The van der Waals surface area contributed by atoms with E-state index >= 15 is 0 Å². The van der Waals surface area contributed by atoms with Crippen LogP contribution in [0.5, 0.6) is 11.5 Å². The Morgan fingerprint density at radius 1 is 0.839 bits per heavy atom. The van der Waals surface area contributed by atoms with Crippen molar-refractivity contribution in [1.82, 2.24) is 19.9 Å². The Hall–Kier alpha value is -4.86. The van der Waals surface area contributed by atoms with Crippen molar-refractivity contribution in [2.24, 2.45) is 15.2 Å². The van der Waals surface area contributed by atoms with Gasteiger partial charge in [-0.05, 0) is 58.7 Å². The van der Waals surface area contributed by atoms with Crippen LogP contribution in [0.25, 0.3) is 10.2 Å². The molecule has 0 radical (unpaired) electrons. The summed E-state index contributed by atoms with van der Waals surface area (Å²) in [6.45, 7) is 14.6. The van der Waals surface area contributed by atoms with Crippen molar-refractivity contribution in [2.45, 2.75) is 37.7 Å². The number of aliphatic hydroxyl groups is 1. The highest BCUT2D eigenvalue weighted by Crippen LogP contribution is 2.43. The Balaban J connectivity index is 1.62. The largest absolute Gasteiger partial charge is 0.495 e. The number of rotatable bonds is 19. The predicted octanol–water partition coefficient (Wildman–Crippen LogP) is 8.41. The zero-order valence-electron chi connectivity index (χ0n) is 31.6. The number of thiazole rings is 1. The van der Waals surface area contributed by atoms with Gasteiger partial charge in [-0.3, -0.25) is 9.55 Å². The first-order chi connectivity index (χ1) is 26.9. The maximum Gasteiger partial charge on any atom is 0.296 e. The Bertz CT molecular complexity index is 2340. The summed E-state index contributed by atoms with van der Waals surface area (Å²) < 4.78 is 45.8. The Morgan fingerprint density at radius 3 is 1.89 bits per heavy atom. The Labute approximate surface area is 338 Å². The lowest BCUT2D eigenvalue weighted by Crippen LogP contribution is -2.22. The molecule has 0 aliphatic heterocycles. The highest BCUT2D eigenvalue weighted by Gasteiger charge is 2.21. The minimum Gasteiger partial charge on any atom is -0.495 e. The smallest absolute Gasteiger partial charge is 0.296 e. The first-order valence-corrected chi connectivity index (χ1v) is 21.0. The van der Waals surface area contributed by atoms with Crippen LogP contribution in [0, 0.1) is 0 Å². The van der Waals surface area contributed by atoms with Crippen LogP contribution in [-0.2, 0) is 10.1 Å². The maximum atomic E-state index is 12.1. The van der Waals surface area contributed by atoms with E-state index in [1.54, 1.807) is 26.4 Å². The summed E-state index contributed by atoms with van der Waals surface area (Å²) in [5, 5.41) is 25.5. The number of nitrogens with zero attached hydrogens (tertiary/aromatic N) is 9. The van der Waals surface area contributed by atoms with Crippen molar-refractivity contribution in [3.63, 3.8) is 0 Å². The molecule has 3 aromatic carbocycles. The van der Waals surface area contributed by atoms with Crippen molar-refractivity contribution in [3.05, 3.63) is 41.4 Å². The molecule has 0 aliphatic carbocycles. The van der Waals surface area contributed by atoms with Crippen molar-refractivity contribution in [2.75, 3.05) is 73.2 Å². The number of hydrogen-bond donors (Lipinski definition) is 4. The molecule has 21 heteroatoms. The number of methoxy groups -OCH3 is 2. The third-order valence-corrected chi connectivity index (χ3v) is 11.1. The molecule has 0 atom stereocenters. The van der Waals surface area contributed by atoms with Crippen LogP contribution in [0.3, 0.4) is 0 Å². The molecule has 4 N–H and O–H groups in total. The topological polar surface area (TPSA) is 212 Å². The van der Waals surface area contributed by atoms with Crippen molar-refractivity contribution >= 4 is 113 Å². The zero-order chi connectivity index (χ0) is 40.6. The molecule has 0 unspecified atom stereocenters. The van der Waals surface area contributed by atoms with Gasteiger partial charge in [0, 0.05) is 49.1 Å². The average Bonchev–Trinajstić information content (AvgIpc) is 3.59. The van der Waals surface area contributed by atoms with Gasteiger partial charge in [-0.1, -0.05) is 34.7 Å². The standard InChI is InChI=1S/C35H42ClN11O6S3/c1-8-46(9-2)25-16-22(21(37-5)18-27(25)52-6)38-32-41-33(43-34(42-32)54-13-12-48)39-23-17-26(47(10-3)11-4)28(53-7)19-24(23)44-45-35-40-31-29(55-35)14-20(36)15-30(31)56(49,50)51/h14-19,48H,5,8-13H2,1-4,6-7H3,(H,49,50,51)(H2,38,39,41,42,43)/b45-44+. The molecule has 56 heavy (non-hydrogen) atoms. The van der Waals surface area contributed by atoms with Gasteiger partial charge in [-0.25, -0.2) is 4.98 Å². The fourth-order valence-electron chi connectivity index (χ4n) is 5.68. The fraction of sp³-hybridized carbons (Fsp3) is 0.343. The van der Waals surface area contributed by atoms with Gasteiger partial charge in [0.2, 0.25) is 17.0 Å². The second-order valence-electron chi connectivity index (χ2n) is 11.6. The van der Waals surface area contributed by atoms with E-state index in [1.165, 1.54) is 17.8 Å². The minimum atomic E-state index is -4.62. The molecule has 5 aromatic rings. The van der Waals surface area contributed by atoms with Gasteiger partial charge in [0.15, 0.2) is 5.16 Å². The molecular formula is C35H42ClN11O6S3. The summed E-state index contributed by atoms with van der Waals surface area (Å²) in [5.41, 5.74) is 3.46. The molecule has 17 nitrogen and oxygen atoms in total. The number of nitrogens with one attached hydrogen (secondary N) is 2. The van der Waals surface area contributed by atoms with Crippen LogP contribution in [0.2, 0.25) is 5.02 Å². The van der Waals surface area contributed by atoms with E-state index in [9.17, 15) is 18.1 Å². The molecule has 5 rings (SSSR count). The molecule has 298 valence electrons. The molecular weight excluding hydrogens is 802 g/mol. The molecule has 2 heterocycles. The van der Waals surface area contributed by atoms with E-state index < -0.39 is 15.0 Å². The molecule has 2 aromatic heterocycles. The van der Waals surface area contributed by atoms with Crippen LogP contribution in [0.15, 0.2) is 61.7 Å². The lowest BCUT2D eigenvalue weighted by molar-refractivity contribution is 0.322. The van der Waals surface area contributed by atoms with Crippen LogP contribution in [0.4, 0.5) is 51.2 Å². The SMILES string of the molecule is C=Nc1cc(OC)c(N(CC)CC)cc1Nc1nc(Nc2cc(N(CC)CC)c(OC)cc2/N=N/c2nc3c(S(=O)(=O)O)cc(Cl)cc3s2)nc(SCCO)n1. The number of anilines is 6. The molecule has 0 saturated carbocycles. The van der Waals surface area contributed by atoms with E-state index in [0.717, 1.165) is 41.9 Å². The van der Waals surface area contributed by atoms with E-state index in [1.807, 2.05) is 26.0 Å². The number of aromatic nitrogens is 4. The van der Waals surface area contributed by atoms with Gasteiger partial charge >= 0.3 is 0 Å². The number of thioether (sulfide) groups is 1. The first kappa shape index (κ1) is 42.3. The van der Waals surface area contributed by atoms with E-state index in [-0.39, 0.29) is 34.2 Å². The van der Waals surface area contributed by atoms with Crippen LogP contribution in [-0.4, -0.2) is 97.5 Å². The summed E-state index contributed by atoms with van der Waals surface area (Å²) in [7, 11) is -1.47. The fourth-order valence-corrected chi connectivity index (χ4v) is 8.20. The second-order valence-corrected chi connectivity index (χ2v) is 15.5. The summed E-state index contributed by atoms with van der Waals surface area (Å²) in [5.74, 6) is 1.82. The summed E-state index contributed by atoms with van der Waals surface area (Å²) in [6.07, 6.45) is 0. The van der Waals surface area contributed by atoms with Crippen LogP contribution in [0.1, 0.15) is 27.7 Å². The minimum absolute atomic E-state index is 0.0117. The quantitative estimate of drug-likeness (QED) is 0.0266. The van der Waals surface area contributed by atoms with Crippen molar-refractivity contribution < 1.29 is 27.6 Å². The van der Waals surface area contributed by atoms with Gasteiger partial charge in [0.05, 0.1) is 54.0 Å². The molecule has 0 spiro atoms. The number of halogens is 1. The Kier molecular flexibility index (Phi) is 14.2. The molecule has 0 bridgehead atoms. The van der Waals surface area contributed by atoms with E-state index in [2.05, 4.69) is 71.2 Å². The lowest BCUT2D eigenvalue weighted by atomic mass is 10.2. The number of aliphatic hydroxyl groups excluding tert-OH is 1. The number of aliphatic imine (C=N–C) groups is 1. The van der Waals surface area contributed by atoms with Crippen LogP contribution >= 0.6 is 34.7 Å². The second kappa shape index (κ2) is 18.9. The highest BCUT2D eigenvalue weighted by atomic mass is 35.5. The lowest BCUT2D eigenvalue weighted by Gasteiger charge is -2.25. The molecule has 0 aliphatic rings. The van der Waals surface area contributed by atoms with E-state index in [0.29, 0.717) is 62.9 Å². The monoisotopic (exact) mass is 843 g/mol. The molecule has 0 saturated heterocycles. The van der Waals surface area contributed by atoms with Gasteiger partial charge in [-0.15, -0.1) is 10.2 Å². The van der Waals surface area contributed by atoms with Crippen molar-refractivity contribution in [1.29, 1.82) is 0 Å². The highest BCUT2D eigenvalue weighted by molar-refractivity contribution is 7.99. The third kappa shape index (κ3) is 9.74. The summed E-state index contributed by atoms with van der Waals surface area (Å²) >= 11 is 8.41. The van der Waals surface area contributed by atoms with Gasteiger partial charge in [0.25, 0.3) is 10.1 Å². The van der Waals surface area contributed by atoms with Gasteiger partial charge < -0.3 is 35.0 Å². The predicted molar refractivity (Wildman–Crippen MR) is 225 cm³/mol. The van der Waals surface area contributed by atoms with Gasteiger partial charge in [-0.2, -0.15) is 23.4 Å². The van der Waals surface area contributed by atoms with E-state index in [4.69, 9.17) is 26.1 Å². The Morgan fingerprint density at radius 2 is 1.39 bits per heavy atom. The number of hydrogen-bond acceptors (Lipinski definition) is 18. The number of azo groups is 1.